The molecule has 1 heterocycles. The Morgan fingerprint density at radius 2 is 1.79 bits per heavy atom. The van der Waals surface area contributed by atoms with Crippen LogP contribution >= 0.6 is 12.4 Å². The molecule has 1 aliphatic heterocycles. The van der Waals surface area contributed by atoms with Gasteiger partial charge in [0.2, 0.25) is 5.91 Å². The summed E-state index contributed by atoms with van der Waals surface area (Å²) < 4.78 is 0. The fourth-order valence-corrected chi connectivity index (χ4v) is 2.71. The standard InChI is InChI=1S/C18H29N3O2.ClH/c1-13(2)17(19)18(23)20-11-14-3-5-15(6-4-14)12-21-9-7-16(22)8-10-21;/h3-6,13,16-17,22H,7-12,19H2,1-2H3,(H,20,23);1H/t17-;/m0./s1. The van der Waals surface area contributed by atoms with Crippen LogP contribution in [-0.2, 0) is 17.9 Å². The smallest absolute Gasteiger partial charge is 0.237 e. The van der Waals surface area contributed by atoms with Crippen molar-refractivity contribution in [1.29, 1.82) is 0 Å². The third kappa shape index (κ3) is 6.40. The van der Waals surface area contributed by atoms with Crippen molar-refractivity contribution in [3.8, 4) is 0 Å². The Labute approximate surface area is 151 Å². The van der Waals surface area contributed by atoms with E-state index in [4.69, 9.17) is 5.73 Å². The number of rotatable bonds is 6. The molecule has 5 nitrogen and oxygen atoms in total. The van der Waals surface area contributed by atoms with Crippen LogP contribution in [-0.4, -0.2) is 41.1 Å². The largest absolute Gasteiger partial charge is 0.393 e. The van der Waals surface area contributed by atoms with Gasteiger partial charge in [0, 0.05) is 26.2 Å². The average molecular weight is 356 g/mol. The summed E-state index contributed by atoms with van der Waals surface area (Å²) in [5.74, 6) is 0.0383. The number of piperidine rings is 1. The monoisotopic (exact) mass is 355 g/mol. The zero-order chi connectivity index (χ0) is 16.8. The molecule has 1 amide bonds. The number of nitrogens with two attached hydrogens (primary N) is 1. The number of halogens is 1. The first-order valence-electron chi connectivity index (χ1n) is 8.47. The van der Waals surface area contributed by atoms with Crippen LogP contribution in [0, 0.1) is 5.92 Å². The van der Waals surface area contributed by atoms with Crippen LogP contribution in [0.2, 0.25) is 0 Å². The summed E-state index contributed by atoms with van der Waals surface area (Å²) in [6, 6.07) is 7.86. The van der Waals surface area contributed by atoms with E-state index in [-0.39, 0.29) is 30.3 Å². The lowest BCUT2D eigenvalue weighted by atomic mass is 10.0. The summed E-state index contributed by atoms with van der Waals surface area (Å²) >= 11 is 0. The van der Waals surface area contributed by atoms with Crippen molar-refractivity contribution in [1.82, 2.24) is 10.2 Å². The first-order chi connectivity index (χ1) is 11.0. The lowest BCUT2D eigenvalue weighted by Gasteiger charge is -2.29. The molecule has 0 spiro atoms. The molecule has 6 heteroatoms. The minimum atomic E-state index is -0.455. The highest BCUT2D eigenvalue weighted by Gasteiger charge is 2.17. The summed E-state index contributed by atoms with van der Waals surface area (Å²) in [5, 5.41) is 12.4. The number of benzene rings is 1. The van der Waals surface area contributed by atoms with Crippen molar-refractivity contribution in [3.63, 3.8) is 0 Å². The van der Waals surface area contributed by atoms with Gasteiger partial charge in [-0.15, -0.1) is 12.4 Å². The van der Waals surface area contributed by atoms with Crippen molar-refractivity contribution in [2.45, 2.75) is 51.9 Å². The quantitative estimate of drug-likeness (QED) is 0.725. The lowest BCUT2D eigenvalue weighted by Crippen LogP contribution is -2.43. The van der Waals surface area contributed by atoms with E-state index in [0.29, 0.717) is 6.54 Å². The molecule has 136 valence electrons. The molecule has 1 aromatic rings. The average Bonchev–Trinajstić information content (AvgIpc) is 2.55. The molecule has 0 aromatic heterocycles. The molecule has 0 aliphatic carbocycles. The predicted molar refractivity (Wildman–Crippen MR) is 98.9 cm³/mol. The van der Waals surface area contributed by atoms with Crippen molar-refractivity contribution >= 4 is 18.3 Å². The maximum absolute atomic E-state index is 11.9. The van der Waals surface area contributed by atoms with Gasteiger partial charge in [0.25, 0.3) is 0 Å². The summed E-state index contributed by atoms with van der Waals surface area (Å²) in [6.45, 7) is 7.21. The molecule has 1 saturated heterocycles. The first kappa shape index (κ1) is 20.9. The number of aliphatic hydroxyl groups excluding tert-OH is 1. The maximum Gasteiger partial charge on any atom is 0.237 e. The normalized spacial score (nSPS) is 17.4. The molecule has 4 N–H and O–H groups in total. The van der Waals surface area contributed by atoms with Crippen molar-refractivity contribution < 1.29 is 9.90 Å². The fraction of sp³-hybridized carbons (Fsp3) is 0.611. The summed E-state index contributed by atoms with van der Waals surface area (Å²) in [5.41, 5.74) is 8.16. The van der Waals surface area contributed by atoms with Gasteiger partial charge < -0.3 is 16.2 Å². The Morgan fingerprint density at radius 3 is 2.33 bits per heavy atom. The van der Waals surface area contributed by atoms with Gasteiger partial charge in [-0.2, -0.15) is 0 Å². The molecule has 0 bridgehead atoms. The van der Waals surface area contributed by atoms with E-state index in [1.54, 1.807) is 0 Å². The van der Waals surface area contributed by atoms with Crippen LogP contribution < -0.4 is 11.1 Å². The molecular formula is C18H30ClN3O2. The third-order valence-corrected chi connectivity index (χ3v) is 4.47. The van der Waals surface area contributed by atoms with Crippen LogP contribution in [0.5, 0.6) is 0 Å². The topological polar surface area (TPSA) is 78.6 Å². The van der Waals surface area contributed by atoms with E-state index in [0.717, 1.165) is 38.0 Å². The van der Waals surface area contributed by atoms with Crippen LogP contribution in [0.4, 0.5) is 0 Å². The fourth-order valence-electron chi connectivity index (χ4n) is 2.71. The minimum absolute atomic E-state index is 0. The first-order valence-corrected chi connectivity index (χ1v) is 8.47. The predicted octanol–water partition coefficient (Wildman–Crippen LogP) is 1.66. The zero-order valence-electron chi connectivity index (χ0n) is 14.6. The highest BCUT2D eigenvalue weighted by Crippen LogP contribution is 2.14. The lowest BCUT2D eigenvalue weighted by molar-refractivity contribution is -0.123. The van der Waals surface area contributed by atoms with E-state index < -0.39 is 6.04 Å². The van der Waals surface area contributed by atoms with Crippen molar-refractivity contribution in [2.75, 3.05) is 13.1 Å². The Bertz CT molecular complexity index is 499. The molecule has 0 radical (unpaired) electrons. The number of amides is 1. The molecule has 0 unspecified atom stereocenters. The maximum atomic E-state index is 11.9. The molecule has 1 aliphatic rings. The van der Waals surface area contributed by atoms with Gasteiger partial charge in [-0.3, -0.25) is 9.69 Å². The zero-order valence-corrected chi connectivity index (χ0v) is 15.4. The van der Waals surface area contributed by atoms with Crippen LogP contribution in [0.1, 0.15) is 37.8 Å². The second-order valence-electron chi connectivity index (χ2n) is 6.81. The number of carbonyl (C=O) groups excluding carboxylic acids is 1. The SMILES string of the molecule is CC(C)[C@H](N)C(=O)NCc1ccc(CN2CCC(O)CC2)cc1.Cl. The summed E-state index contributed by atoms with van der Waals surface area (Å²) in [4.78, 5) is 14.2. The van der Waals surface area contributed by atoms with E-state index in [1.165, 1.54) is 5.56 Å². The number of likely N-dealkylation sites (tertiary alicyclic amines) is 1. The number of nitrogens with zero attached hydrogens (tertiary/aromatic N) is 1. The Balaban J connectivity index is 0.00000288. The van der Waals surface area contributed by atoms with Gasteiger partial charge >= 0.3 is 0 Å². The van der Waals surface area contributed by atoms with Gasteiger partial charge in [-0.25, -0.2) is 0 Å². The molecule has 24 heavy (non-hydrogen) atoms. The number of hydrogen-bond acceptors (Lipinski definition) is 4. The second-order valence-corrected chi connectivity index (χ2v) is 6.81. The molecule has 1 aromatic carbocycles. The highest BCUT2D eigenvalue weighted by atomic mass is 35.5. The number of nitrogens with one attached hydrogen (secondary N) is 1. The van der Waals surface area contributed by atoms with Crippen LogP contribution in [0.15, 0.2) is 24.3 Å². The van der Waals surface area contributed by atoms with Gasteiger partial charge in [0.15, 0.2) is 0 Å². The van der Waals surface area contributed by atoms with Gasteiger partial charge in [0.05, 0.1) is 12.1 Å². The molecule has 1 fully saturated rings. The van der Waals surface area contributed by atoms with Crippen molar-refractivity contribution in [2.24, 2.45) is 11.7 Å². The Hall–Kier alpha value is -1.14. The second kappa shape index (κ2) is 9.99. The Kier molecular flexibility index (Phi) is 8.70. The highest BCUT2D eigenvalue weighted by molar-refractivity contribution is 5.85. The summed E-state index contributed by atoms with van der Waals surface area (Å²) in [7, 11) is 0. The van der Waals surface area contributed by atoms with Crippen LogP contribution in [0.25, 0.3) is 0 Å². The van der Waals surface area contributed by atoms with Crippen molar-refractivity contribution in [3.05, 3.63) is 35.4 Å². The number of aliphatic hydroxyl groups is 1. The molecular weight excluding hydrogens is 326 g/mol. The minimum Gasteiger partial charge on any atom is -0.393 e. The molecule has 2 rings (SSSR count). The number of carbonyl (C=O) groups is 1. The van der Waals surface area contributed by atoms with E-state index in [2.05, 4.69) is 34.5 Å². The third-order valence-electron chi connectivity index (χ3n) is 4.47. The van der Waals surface area contributed by atoms with Crippen LogP contribution in [0.3, 0.4) is 0 Å². The van der Waals surface area contributed by atoms with Gasteiger partial charge in [0.1, 0.15) is 0 Å². The van der Waals surface area contributed by atoms with Gasteiger partial charge in [-0.1, -0.05) is 38.1 Å². The summed E-state index contributed by atoms with van der Waals surface area (Å²) in [6.07, 6.45) is 1.59. The van der Waals surface area contributed by atoms with E-state index in [1.807, 2.05) is 13.8 Å². The molecule has 0 saturated carbocycles. The van der Waals surface area contributed by atoms with E-state index in [9.17, 15) is 9.90 Å². The molecule has 1 atom stereocenters. The van der Waals surface area contributed by atoms with Gasteiger partial charge in [-0.05, 0) is 29.9 Å². The van der Waals surface area contributed by atoms with E-state index >= 15 is 0 Å². The Morgan fingerprint density at radius 1 is 1.25 bits per heavy atom. The number of hydrogen-bond donors (Lipinski definition) is 3.